The molecular formula is C14H16F3NO2. The fourth-order valence-electron chi connectivity index (χ4n) is 2.47. The van der Waals surface area contributed by atoms with Crippen molar-refractivity contribution in [3.63, 3.8) is 0 Å². The van der Waals surface area contributed by atoms with Crippen LogP contribution in [0.5, 0.6) is 0 Å². The van der Waals surface area contributed by atoms with Gasteiger partial charge in [-0.05, 0) is 43.0 Å². The molecule has 0 amide bonds. The van der Waals surface area contributed by atoms with Gasteiger partial charge in [0, 0.05) is 6.54 Å². The molecule has 1 aliphatic rings. The van der Waals surface area contributed by atoms with Gasteiger partial charge in [-0.2, -0.15) is 13.2 Å². The molecule has 1 aromatic carbocycles. The van der Waals surface area contributed by atoms with Crippen LogP contribution in [-0.2, 0) is 10.9 Å². The predicted molar refractivity (Wildman–Crippen MR) is 67.6 cm³/mol. The number of hydrogen-bond donors (Lipinski definition) is 1. The van der Waals surface area contributed by atoms with Gasteiger partial charge in [0.15, 0.2) is 0 Å². The largest absolute Gasteiger partial charge is 0.465 e. The van der Waals surface area contributed by atoms with Gasteiger partial charge in [-0.3, -0.25) is 0 Å². The van der Waals surface area contributed by atoms with E-state index >= 15 is 0 Å². The molecular weight excluding hydrogens is 271 g/mol. The molecule has 0 aromatic heterocycles. The molecule has 0 unspecified atom stereocenters. The van der Waals surface area contributed by atoms with Crippen LogP contribution in [0.1, 0.15) is 40.2 Å². The van der Waals surface area contributed by atoms with Crippen molar-refractivity contribution in [1.29, 1.82) is 0 Å². The summed E-state index contributed by atoms with van der Waals surface area (Å²) in [6.45, 7) is 1.55. The topological polar surface area (TPSA) is 38.3 Å². The van der Waals surface area contributed by atoms with Crippen LogP contribution in [-0.4, -0.2) is 26.2 Å². The molecule has 0 aliphatic carbocycles. The maximum Gasteiger partial charge on any atom is 0.417 e. The van der Waals surface area contributed by atoms with Gasteiger partial charge in [0.25, 0.3) is 0 Å². The highest BCUT2D eigenvalue weighted by Gasteiger charge is 2.36. The van der Waals surface area contributed by atoms with E-state index in [1.807, 2.05) is 0 Å². The van der Waals surface area contributed by atoms with Gasteiger partial charge in [-0.1, -0.05) is 6.07 Å². The summed E-state index contributed by atoms with van der Waals surface area (Å²) in [6, 6.07) is 3.86. The number of carbonyl (C=O) groups is 1. The van der Waals surface area contributed by atoms with Crippen molar-refractivity contribution in [1.82, 2.24) is 5.32 Å². The van der Waals surface area contributed by atoms with Crippen LogP contribution in [0, 0.1) is 0 Å². The molecule has 1 aliphatic heterocycles. The fourth-order valence-corrected chi connectivity index (χ4v) is 2.47. The number of esters is 1. The molecule has 1 atom stereocenters. The Kier molecular flexibility index (Phi) is 4.32. The van der Waals surface area contributed by atoms with Crippen molar-refractivity contribution in [2.75, 3.05) is 20.2 Å². The second kappa shape index (κ2) is 5.83. The number of rotatable bonds is 2. The van der Waals surface area contributed by atoms with E-state index in [9.17, 15) is 18.0 Å². The van der Waals surface area contributed by atoms with Gasteiger partial charge < -0.3 is 10.1 Å². The SMILES string of the molecule is COC(=O)c1ccc([C@H]2CCCNC2)cc1C(F)(F)F. The molecule has 0 saturated carbocycles. The van der Waals surface area contributed by atoms with E-state index in [-0.39, 0.29) is 5.92 Å². The number of benzene rings is 1. The van der Waals surface area contributed by atoms with Gasteiger partial charge in [0.05, 0.1) is 18.2 Å². The highest BCUT2D eigenvalue weighted by Crippen LogP contribution is 2.35. The van der Waals surface area contributed by atoms with Gasteiger partial charge in [-0.15, -0.1) is 0 Å². The Bertz CT molecular complexity index is 494. The molecule has 20 heavy (non-hydrogen) atoms. The van der Waals surface area contributed by atoms with Crippen LogP contribution < -0.4 is 5.32 Å². The summed E-state index contributed by atoms with van der Waals surface area (Å²) >= 11 is 0. The van der Waals surface area contributed by atoms with E-state index in [0.717, 1.165) is 32.6 Å². The molecule has 0 bridgehead atoms. The molecule has 0 radical (unpaired) electrons. The molecule has 1 heterocycles. The monoisotopic (exact) mass is 287 g/mol. The molecule has 6 heteroatoms. The summed E-state index contributed by atoms with van der Waals surface area (Å²) < 4.78 is 43.6. The van der Waals surface area contributed by atoms with E-state index < -0.39 is 23.3 Å². The van der Waals surface area contributed by atoms with E-state index in [0.29, 0.717) is 12.1 Å². The molecule has 1 N–H and O–H groups in total. The van der Waals surface area contributed by atoms with E-state index in [1.165, 1.54) is 6.07 Å². The van der Waals surface area contributed by atoms with Gasteiger partial charge >= 0.3 is 12.1 Å². The van der Waals surface area contributed by atoms with Gasteiger partial charge in [0.2, 0.25) is 0 Å². The number of ether oxygens (including phenoxy) is 1. The van der Waals surface area contributed by atoms with Gasteiger partial charge in [-0.25, -0.2) is 4.79 Å². The zero-order chi connectivity index (χ0) is 14.8. The van der Waals surface area contributed by atoms with Crippen molar-refractivity contribution in [3.05, 3.63) is 34.9 Å². The van der Waals surface area contributed by atoms with Crippen LogP contribution in [0.4, 0.5) is 13.2 Å². The van der Waals surface area contributed by atoms with Gasteiger partial charge in [0.1, 0.15) is 0 Å². The molecule has 110 valence electrons. The van der Waals surface area contributed by atoms with Crippen molar-refractivity contribution in [2.45, 2.75) is 24.9 Å². The Balaban J connectivity index is 2.40. The first-order valence-electron chi connectivity index (χ1n) is 6.43. The lowest BCUT2D eigenvalue weighted by molar-refractivity contribution is -0.138. The lowest BCUT2D eigenvalue weighted by Gasteiger charge is -2.24. The summed E-state index contributed by atoms with van der Waals surface area (Å²) in [6.07, 6.45) is -2.78. The Morgan fingerprint density at radius 3 is 2.70 bits per heavy atom. The average molecular weight is 287 g/mol. The average Bonchev–Trinajstić information content (AvgIpc) is 2.46. The molecule has 2 rings (SSSR count). The number of piperidine rings is 1. The predicted octanol–water partition coefficient (Wildman–Crippen LogP) is 2.96. The molecule has 0 spiro atoms. The first kappa shape index (κ1) is 14.8. The van der Waals surface area contributed by atoms with Crippen LogP contribution in [0.2, 0.25) is 0 Å². The maximum absolute atomic E-state index is 13.1. The summed E-state index contributed by atoms with van der Waals surface area (Å²) in [5, 5.41) is 3.17. The minimum Gasteiger partial charge on any atom is -0.465 e. The number of hydrogen-bond acceptors (Lipinski definition) is 3. The number of methoxy groups -OCH3 is 1. The van der Waals surface area contributed by atoms with Crippen LogP contribution >= 0.6 is 0 Å². The minimum absolute atomic E-state index is 0.0524. The standard InChI is InChI=1S/C14H16F3NO2/c1-20-13(19)11-5-4-9(7-12(11)14(15,16)17)10-3-2-6-18-8-10/h4-5,7,10,18H,2-3,6,8H2,1H3/t10-/m0/s1. The maximum atomic E-state index is 13.1. The molecule has 1 saturated heterocycles. The Morgan fingerprint density at radius 1 is 1.40 bits per heavy atom. The second-order valence-electron chi connectivity index (χ2n) is 4.84. The summed E-state index contributed by atoms with van der Waals surface area (Å²) in [7, 11) is 1.07. The number of alkyl halides is 3. The lowest BCUT2D eigenvalue weighted by Crippen LogP contribution is -2.28. The van der Waals surface area contributed by atoms with Crippen LogP contribution in [0.3, 0.4) is 0 Å². The van der Waals surface area contributed by atoms with Crippen molar-refractivity contribution < 1.29 is 22.7 Å². The molecule has 3 nitrogen and oxygen atoms in total. The lowest BCUT2D eigenvalue weighted by atomic mass is 9.89. The second-order valence-corrected chi connectivity index (χ2v) is 4.84. The zero-order valence-corrected chi connectivity index (χ0v) is 11.1. The number of nitrogens with one attached hydrogen (secondary N) is 1. The molecule has 1 fully saturated rings. The Morgan fingerprint density at radius 2 is 2.15 bits per heavy atom. The Hall–Kier alpha value is -1.56. The van der Waals surface area contributed by atoms with E-state index in [4.69, 9.17) is 0 Å². The number of halogens is 3. The fraction of sp³-hybridized carbons (Fsp3) is 0.500. The molecule has 1 aromatic rings. The smallest absolute Gasteiger partial charge is 0.417 e. The summed E-state index contributed by atoms with van der Waals surface area (Å²) in [4.78, 5) is 11.4. The van der Waals surface area contributed by atoms with Crippen LogP contribution in [0.25, 0.3) is 0 Å². The third-order valence-corrected chi connectivity index (χ3v) is 3.52. The van der Waals surface area contributed by atoms with Crippen LogP contribution in [0.15, 0.2) is 18.2 Å². The summed E-state index contributed by atoms with van der Waals surface area (Å²) in [5.41, 5.74) is -0.753. The minimum atomic E-state index is -4.57. The third kappa shape index (κ3) is 3.12. The highest BCUT2D eigenvalue weighted by atomic mass is 19.4. The van der Waals surface area contributed by atoms with E-state index in [2.05, 4.69) is 10.1 Å². The number of carbonyl (C=O) groups excluding carboxylic acids is 1. The van der Waals surface area contributed by atoms with Crippen molar-refractivity contribution in [2.24, 2.45) is 0 Å². The first-order chi connectivity index (χ1) is 9.43. The Labute approximate surface area is 115 Å². The summed E-state index contributed by atoms with van der Waals surface area (Å²) in [5.74, 6) is -0.915. The third-order valence-electron chi connectivity index (χ3n) is 3.52. The highest BCUT2D eigenvalue weighted by molar-refractivity contribution is 5.91. The normalized spacial score (nSPS) is 19.7. The first-order valence-corrected chi connectivity index (χ1v) is 6.43. The quantitative estimate of drug-likeness (QED) is 0.850. The van der Waals surface area contributed by atoms with Crippen molar-refractivity contribution >= 4 is 5.97 Å². The zero-order valence-electron chi connectivity index (χ0n) is 11.1. The van der Waals surface area contributed by atoms with E-state index in [1.54, 1.807) is 6.07 Å². The van der Waals surface area contributed by atoms with Crippen molar-refractivity contribution in [3.8, 4) is 0 Å².